The molecule has 1 heterocycles. The number of aromatic nitrogens is 1. The number of aliphatic imine (C=N–C) groups is 1. The number of benzene rings is 1. The van der Waals surface area contributed by atoms with E-state index in [0.717, 1.165) is 17.1 Å². The summed E-state index contributed by atoms with van der Waals surface area (Å²) in [7, 11) is 0. The summed E-state index contributed by atoms with van der Waals surface area (Å²) < 4.78 is 41.5. The van der Waals surface area contributed by atoms with Crippen molar-refractivity contribution in [2.75, 3.05) is 6.54 Å². The second-order valence-corrected chi connectivity index (χ2v) is 6.23. The Bertz CT molecular complexity index is 737. The van der Waals surface area contributed by atoms with Crippen molar-refractivity contribution in [3.8, 4) is 5.75 Å². The Morgan fingerprint density at radius 3 is 2.59 bits per heavy atom. The first-order chi connectivity index (χ1) is 12.4. The lowest BCUT2D eigenvalue weighted by Gasteiger charge is -2.13. The van der Waals surface area contributed by atoms with Crippen molar-refractivity contribution < 1.29 is 17.9 Å². The van der Waals surface area contributed by atoms with Gasteiger partial charge in [0.1, 0.15) is 5.75 Å². The van der Waals surface area contributed by atoms with Crippen molar-refractivity contribution in [2.24, 2.45) is 4.99 Å². The quantitative estimate of drug-likeness (QED) is 0.325. The number of nitrogens with one attached hydrogen (secondary N) is 2. The van der Waals surface area contributed by atoms with Gasteiger partial charge in [0, 0.05) is 17.5 Å². The fourth-order valence-corrected chi connectivity index (χ4v) is 2.88. The van der Waals surface area contributed by atoms with Crippen LogP contribution in [0.4, 0.5) is 13.2 Å². The van der Waals surface area contributed by atoms with Gasteiger partial charge in [-0.3, -0.25) is 0 Å². The lowest BCUT2D eigenvalue weighted by Crippen LogP contribution is -2.36. The van der Waals surface area contributed by atoms with E-state index in [4.69, 9.17) is 0 Å². The van der Waals surface area contributed by atoms with Gasteiger partial charge >= 0.3 is 6.36 Å². The van der Waals surface area contributed by atoms with Crippen LogP contribution in [0.15, 0.2) is 34.6 Å². The smallest absolute Gasteiger partial charge is 0.405 e. The molecule has 2 rings (SSSR count). The zero-order chi connectivity index (χ0) is 19.0. The fraction of sp³-hybridized carbons (Fsp3) is 0.412. The van der Waals surface area contributed by atoms with Crippen LogP contribution in [0.25, 0.3) is 0 Å². The number of hydrogen-bond acceptors (Lipinski definition) is 4. The molecule has 2 N–H and O–H groups in total. The Morgan fingerprint density at radius 1 is 1.22 bits per heavy atom. The third-order valence-corrected chi connectivity index (χ3v) is 4.33. The van der Waals surface area contributed by atoms with Crippen LogP contribution in [0, 0.1) is 0 Å². The van der Waals surface area contributed by atoms with Gasteiger partial charge in [-0.1, -0.05) is 25.1 Å². The van der Waals surface area contributed by atoms with Crippen LogP contribution in [0.5, 0.6) is 5.75 Å². The zero-order valence-electron chi connectivity index (χ0n) is 15.0. The van der Waals surface area contributed by atoms with Crippen molar-refractivity contribution in [3.63, 3.8) is 0 Å². The molecule has 5 nitrogen and oxygen atoms in total. The van der Waals surface area contributed by atoms with Gasteiger partial charge in [0.2, 0.25) is 0 Å². The Labute approximate surface area is 177 Å². The third-order valence-electron chi connectivity index (χ3n) is 3.29. The standard InChI is InChI=1S/C17H21F3N4OS.HI/c1-3-15-24-13(11-26-15)10-23-16(21-4-2)22-9-12-7-5-6-8-14(12)25-17(18,19)20;/h5-8,11H,3-4,9-10H2,1-2H3,(H2,21,22,23);1H. The average Bonchev–Trinajstić information content (AvgIpc) is 3.05. The van der Waals surface area contributed by atoms with E-state index in [1.165, 1.54) is 12.1 Å². The van der Waals surface area contributed by atoms with Crippen LogP contribution in [0.2, 0.25) is 0 Å². The molecule has 0 fully saturated rings. The summed E-state index contributed by atoms with van der Waals surface area (Å²) in [5.41, 5.74) is 1.25. The molecule has 0 saturated carbocycles. The molecule has 1 aromatic heterocycles. The Kier molecular flexibility index (Phi) is 9.84. The van der Waals surface area contributed by atoms with Crippen LogP contribution in [0.1, 0.15) is 30.1 Å². The maximum Gasteiger partial charge on any atom is 0.573 e. The van der Waals surface area contributed by atoms with E-state index in [1.54, 1.807) is 23.5 Å². The first-order valence-electron chi connectivity index (χ1n) is 8.20. The molecule has 10 heteroatoms. The maximum absolute atomic E-state index is 12.5. The van der Waals surface area contributed by atoms with E-state index in [9.17, 15) is 13.2 Å². The van der Waals surface area contributed by atoms with Gasteiger partial charge in [-0.15, -0.1) is 48.5 Å². The van der Waals surface area contributed by atoms with Gasteiger partial charge in [-0.2, -0.15) is 0 Å². The van der Waals surface area contributed by atoms with E-state index in [0.29, 0.717) is 24.6 Å². The number of ether oxygens (including phenoxy) is 1. The van der Waals surface area contributed by atoms with Crippen LogP contribution >= 0.6 is 35.3 Å². The van der Waals surface area contributed by atoms with E-state index in [-0.39, 0.29) is 36.3 Å². The monoisotopic (exact) mass is 514 g/mol. The lowest BCUT2D eigenvalue weighted by molar-refractivity contribution is -0.274. The molecule has 2 aromatic rings. The number of halogens is 4. The number of alkyl halides is 3. The molecule has 0 unspecified atom stereocenters. The Balaban J connectivity index is 0.00000364. The van der Waals surface area contributed by atoms with E-state index in [1.807, 2.05) is 19.2 Å². The number of nitrogens with zero attached hydrogens (tertiary/aromatic N) is 2. The predicted molar refractivity (Wildman–Crippen MR) is 112 cm³/mol. The van der Waals surface area contributed by atoms with Gasteiger partial charge < -0.3 is 15.4 Å². The molecule has 0 atom stereocenters. The molecular formula is C17H22F3IN4OS. The summed E-state index contributed by atoms with van der Waals surface area (Å²) in [6.45, 7) is 5.13. The summed E-state index contributed by atoms with van der Waals surface area (Å²) in [6.07, 6.45) is -3.85. The molecule has 0 saturated heterocycles. The molecule has 27 heavy (non-hydrogen) atoms. The van der Waals surface area contributed by atoms with Crippen LogP contribution in [0.3, 0.4) is 0 Å². The van der Waals surface area contributed by atoms with Crippen molar-refractivity contribution in [1.82, 2.24) is 15.6 Å². The Hall–Kier alpha value is -1.56. The van der Waals surface area contributed by atoms with Crippen molar-refractivity contribution in [2.45, 2.75) is 39.7 Å². The van der Waals surface area contributed by atoms with Crippen LogP contribution in [-0.2, 0) is 19.5 Å². The lowest BCUT2D eigenvalue weighted by atomic mass is 10.2. The molecular weight excluding hydrogens is 492 g/mol. The topological polar surface area (TPSA) is 58.5 Å². The molecule has 0 radical (unpaired) electrons. The number of thiazole rings is 1. The first-order valence-corrected chi connectivity index (χ1v) is 9.08. The summed E-state index contributed by atoms with van der Waals surface area (Å²) in [4.78, 5) is 8.80. The highest BCUT2D eigenvalue weighted by Gasteiger charge is 2.31. The van der Waals surface area contributed by atoms with Gasteiger partial charge in [0.05, 0.1) is 23.8 Å². The number of guanidine groups is 1. The number of hydrogen-bond donors (Lipinski definition) is 2. The highest BCUT2D eigenvalue weighted by atomic mass is 127. The number of rotatable bonds is 7. The molecule has 150 valence electrons. The first kappa shape index (κ1) is 23.5. The van der Waals surface area contributed by atoms with Crippen molar-refractivity contribution >= 4 is 41.3 Å². The minimum absolute atomic E-state index is 0. The number of aryl methyl sites for hydroxylation is 1. The molecule has 0 spiro atoms. The predicted octanol–water partition coefficient (Wildman–Crippen LogP) is 4.48. The SMILES string of the molecule is CCNC(=NCc1ccccc1OC(F)(F)F)NCc1csc(CC)n1.I. The van der Waals surface area contributed by atoms with Crippen LogP contribution in [-0.4, -0.2) is 23.9 Å². The minimum Gasteiger partial charge on any atom is -0.405 e. The summed E-state index contributed by atoms with van der Waals surface area (Å²) >= 11 is 1.60. The molecule has 0 amide bonds. The van der Waals surface area contributed by atoms with Gasteiger partial charge in [0.15, 0.2) is 5.96 Å². The van der Waals surface area contributed by atoms with Crippen molar-refractivity contribution in [3.05, 3.63) is 45.9 Å². The van der Waals surface area contributed by atoms with Gasteiger partial charge in [-0.25, -0.2) is 9.98 Å². The highest BCUT2D eigenvalue weighted by Crippen LogP contribution is 2.26. The van der Waals surface area contributed by atoms with E-state index in [2.05, 4.69) is 25.3 Å². The summed E-state index contributed by atoms with van der Waals surface area (Å²) in [5, 5.41) is 9.23. The number of para-hydroxylation sites is 1. The Morgan fingerprint density at radius 2 is 1.96 bits per heavy atom. The summed E-state index contributed by atoms with van der Waals surface area (Å²) in [6, 6.07) is 5.98. The zero-order valence-corrected chi connectivity index (χ0v) is 18.1. The normalized spacial score (nSPS) is 11.7. The second kappa shape index (κ2) is 11.3. The van der Waals surface area contributed by atoms with Gasteiger partial charge in [0.25, 0.3) is 0 Å². The third kappa shape index (κ3) is 8.33. The van der Waals surface area contributed by atoms with Crippen LogP contribution < -0.4 is 15.4 Å². The largest absolute Gasteiger partial charge is 0.573 e. The minimum atomic E-state index is -4.73. The maximum atomic E-state index is 12.5. The van der Waals surface area contributed by atoms with Crippen molar-refractivity contribution in [1.29, 1.82) is 0 Å². The molecule has 1 aromatic carbocycles. The average molecular weight is 514 g/mol. The molecule has 0 aliphatic rings. The summed E-state index contributed by atoms with van der Waals surface area (Å²) in [5.74, 6) is 0.257. The highest BCUT2D eigenvalue weighted by molar-refractivity contribution is 14.0. The second-order valence-electron chi connectivity index (χ2n) is 5.29. The van der Waals surface area contributed by atoms with Gasteiger partial charge in [-0.05, 0) is 19.4 Å². The molecule has 0 bridgehead atoms. The van der Waals surface area contributed by atoms with E-state index >= 15 is 0 Å². The fourth-order valence-electron chi connectivity index (χ4n) is 2.13. The van der Waals surface area contributed by atoms with E-state index < -0.39 is 6.36 Å². The molecule has 0 aliphatic heterocycles. The molecule has 0 aliphatic carbocycles.